The van der Waals surface area contributed by atoms with E-state index in [0.29, 0.717) is 22.7 Å². The van der Waals surface area contributed by atoms with Crippen molar-refractivity contribution in [3.05, 3.63) is 72.0 Å². The van der Waals surface area contributed by atoms with Gasteiger partial charge in [0, 0.05) is 17.2 Å². The average Bonchev–Trinajstić information content (AvgIpc) is 2.73. The van der Waals surface area contributed by atoms with Gasteiger partial charge in [0.25, 0.3) is 0 Å². The van der Waals surface area contributed by atoms with Crippen LogP contribution >= 0.6 is 0 Å². The second kappa shape index (κ2) is 7.71. The summed E-state index contributed by atoms with van der Waals surface area (Å²) in [6.07, 6.45) is 0. The Labute approximate surface area is 174 Å². The number of methoxy groups -OCH3 is 1. The molecule has 0 fully saturated rings. The second-order valence-electron chi connectivity index (χ2n) is 7.66. The molecule has 0 aliphatic carbocycles. The summed E-state index contributed by atoms with van der Waals surface area (Å²) in [6.45, 7) is 3.86. The molecule has 0 saturated heterocycles. The third-order valence-corrected chi connectivity index (χ3v) is 5.15. The van der Waals surface area contributed by atoms with Gasteiger partial charge in [0.05, 0.1) is 18.5 Å². The molecular weight excluding hydrogens is 383 g/mol. The quantitative estimate of drug-likeness (QED) is 0.610. The molecule has 30 heavy (non-hydrogen) atoms. The molecule has 6 heteroatoms. The lowest BCUT2D eigenvalue weighted by molar-refractivity contribution is -0.119. The topological polar surface area (TPSA) is 59.6 Å². The highest BCUT2D eigenvalue weighted by Gasteiger charge is 2.34. The summed E-state index contributed by atoms with van der Waals surface area (Å²) in [5, 5.41) is 6.30. The summed E-state index contributed by atoms with van der Waals surface area (Å²) in [5.41, 5.74) is 3.00. The number of nitrogens with one attached hydrogen (secondary N) is 2. The zero-order valence-electron chi connectivity index (χ0n) is 17.1. The number of fused-ring (bicyclic) bond motifs is 1. The molecule has 3 aromatic carbocycles. The van der Waals surface area contributed by atoms with Gasteiger partial charge < -0.3 is 20.1 Å². The standard InChI is InChI=1S/C24H23FN2O3/c1-24(2)23(28)26-22-19(14-30-16-7-5-4-6-8-16)17(11-12-20(22)27-24)18-10-9-15(25)13-21(18)29-3/h4-13,27H,14H2,1-3H3,(H,26,28). The molecule has 1 amide bonds. The van der Waals surface area contributed by atoms with Crippen LogP contribution in [-0.4, -0.2) is 18.6 Å². The molecule has 1 aliphatic rings. The number of amides is 1. The number of hydrogen-bond donors (Lipinski definition) is 2. The first-order valence-electron chi connectivity index (χ1n) is 9.66. The van der Waals surface area contributed by atoms with Gasteiger partial charge in [0.2, 0.25) is 5.91 Å². The van der Waals surface area contributed by atoms with Crippen molar-refractivity contribution in [2.45, 2.75) is 26.0 Å². The summed E-state index contributed by atoms with van der Waals surface area (Å²) in [6, 6.07) is 17.7. The summed E-state index contributed by atoms with van der Waals surface area (Å²) in [7, 11) is 1.50. The summed E-state index contributed by atoms with van der Waals surface area (Å²) >= 11 is 0. The largest absolute Gasteiger partial charge is 0.496 e. The van der Waals surface area contributed by atoms with Crippen molar-refractivity contribution < 1.29 is 18.7 Å². The monoisotopic (exact) mass is 406 g/mol. The predicted molar refractivity (Wildman–Crippen MR) is 115 cm³/mol. The van der Waals surface area contributed by atoms with Crippen LogP contribution in [0.1, 0.15) is 19.4 Å². The molecule has 4 rings (SSSR count). The van der Waals surface area contributed by atoms with Crippen molar-refractivity contribution in [3.8, 4) is 22.6 Å². The lowest BCUT2D eigenvalue weighted by atomic mass is 9.93. The van der Waals surface area contributed by atoms with Crippen LogP contribution in [0.2, 0.25) is 0 Å². The van der Waals surface area contributed by atoms with Crippen LogP contribution in [0, 0.1) is 5.82 Å². The maximum absolute atomic E-state index is 13.8. The number of ether oxygens (including phenoxy) is 2. The third-order valence-electron chi connectivity index (χ3n) is 5.15. The highest BCUT2D eigenvalue weighted by Crippen LogP contribution is 2.42. The molecule has 1 aliphatic heterocycles. The van der Waals surface area contributed by atoms with E-state index in [1.54, 1.807) is 6.07 Å². The van der Waals surface area contributed by atoms with Gasteiger partial charge in [-0.3, -0.25) is 4.79 Å². The number of hydrogen-bond acceptors (Lipinski definition) is 4. The van der Waals surface area contributed by atoms with E-state index < -0.39 is 5.54 Å². The van der Waals surface area contributed by atoms with Crippen molar-refractivity contribution in [1.82, 2.24) is 0 Å². The van der Waals surface area contributed by atoms with Crippen molar-refractivity contribution >= 4 is 17.3 Å². The fraction of sp³-hybridized carbons (Fsp3) is 0.208. The van der Waals surface area contributed by atoms with E-state index in [-0.39, 0.29) is 18.3 Å². The van der Waals surface area contributed by atoms with Crippen LogP contribution in [0.25, 0.3) is 11.1 Å². The molecule has 0 aromatic heterocycles. The lowest BCUT2D eigenvalue weighted by Gasteiger charge is -2.34. The van der Waals surface area contributed by atoms with Crippen molar-refractivity contribution in [2.75, 3.05) is 17.7 Å². The number of benzene rings is 3. The minimum Gasteiger partial charge on any atom is -0.496 e. The van der Waals surface area contributed by atoms with E-state index in [2.05, 4.69) is 10.6 Å². The SMILES string of the molecule is COc1cc(F)ccc1-c1ccc2c(c1COc1ccccc1)NC(=O)C(C)(C)N2. The smallest absolute Gasteiger partial charge is 0.249 e. The molecule has 0 atom stereocenters. The first kappa shape index (κ1) is 19.8. The van der Waals surface area contributed by atoms with E-state index in [1.807, 2.05) is 56.3 Å². The van der Waals surface area contributed by atoms with E-state index in [4.69, 9.17) is 9.47 Å². The number of halogens is 1. The Morgan fingerprint density at radius 2 is 1.73 bits per heavy atom. The lowest BCUT2D eigenvalue weighted by Crippen LogP contribution is -2.47. The molecular formula is C24H23FN2O3. The van der Waals surface area contributed by atoms with Crippen LogP contribution in [0.4, 0.5) is 15.8 Å². The van der Waals surface area contributed by atoms with Gasteiger partial charge in [-0.1, -0.05) is 24.3 Å². The van der Waals surface area contributed by atoms with Gasteiger partial charge in [0.1, 0.15) is 29.5 Å². The average molecular weight is 406 g/mol. The van der Waals surface area contributed by atoms with Gasteiger partial charge in [-0.2, -0.15) is 0 Å². The summed E-state index contributed by atoms with van der Waals surface area (Å²) in [5.74, 6) is 0.598. The molecule has 0 saturated carbocycles. The van der Waals surface area contributed by atoms with Crippen LogP contribution in [-0.2, 0) is 11.4 Å². The normalized spacial score (nSPS) is 14.3. The Morgan fingerprint density at radius 3 is 2.47 bits per heavy atom. The Hall–Kier alpha value is -3.54. The van der Waals surface area contributed by atoms with Crippen LogP contribution in [0.5, 0.6) is 11.5 Å². The zero-order chi connectivity index (χ0) is 21.3. The van der Waals surface area contributed by atoms with Crippen molar-refractivity contribution in [1.29, 1.82) is 0 Å². The van der Waals surface area contributed by atoms with Crippen LogP contribution in [0.3, 0.4) is 0 Å². The fourth-order valence-electron chi connectivity index (χ4n) is 3.52. The zero-order valence-corrected chi connectivity index (χ0v) is 17.1. The maximum Gasteiger partial charge on any atom is 0.249 e. The molecule has 5 nitrogen and oxygen atoms in total. The van der Waals surface area contributed by atoms with Crippen molar-refractivity contribution in [3.63, 3.8) is 0 Å². The number of para-hydroxylation sites is 1. The number of rotatable bonds is 5. The van der Waals surface area contributed by atoms with Crippen molar-refractivity contribution in [2.24, 2.45) is 0 Å². The van der Waals surface area contributed by atoms with E-state index >= 15 is 0 Å². The molecule has 1 heterocycles. The molecule has 0 unspecified atom stereocenters. The van der Waals surface area contributed by atoms with Crippen LogP contribution < -0.4 is 20.1 Å². The van der Waals surface area contributed by atoms with Gasteiger partial charge >= 0.3 is 0 Å². The minimum atomic E-state index is -0.736. The van der Waals surface area contributed by atoms with E-state index in [0.717, 1.165) is 16.8 Å². The van der Waals surface area contributed by atoms with Crippen LogP contribution in [0.15, 0.2) is 60.7 Å². The molecule has 3 aromatic rings. The highest BCUT2D eigenvalue weighted by molar-refractivity contribution is 6.07. The van der Waals surface area contributed by atoms with E-state index in [9.17, 15) is 9.18 Å². The number of carbonyl (C=O) groups excluding carboxylic acids is 1. The summed E-state index contributed by atoms with van der Waals surface area (Å²) < 4.78 is 25.2. The first-order chi connectivity index (χ1) is 14.4. The molecule has 154 valence electrons. The Balaban J connectivity index is 1.84. The summed E-state index contributed by atoms with van der Waals surface area (Å²) in [4.78, 5) is 12.6. The Bertz CT molecular complexity index is 1100. The minimum absolute atomic E-state index is 0.140. The fourth-order valence-corrected chi connectivity index (χ4v) is 3.52. The van der Waals surface area contributed by atoms with Gasteiger partial charge in [0.15, 0.2) is 0 Å². The Morgan fingerprint density at radius 1 is 1.00 bits per heavy atom. The predicted octanol–water partition coefficient (Wildman–Crippen LogP) is 5.22. The third kappa shape index (κ3) is 3.68. The van der Waals surface area contributed by atoms with E-state index in [1.165, 1.54) is 19.2 Å². The van der Waals surface area contributed by atoms with Gasteiger partial charge in [-0.25, -0.2) is 4.39 Å². The number of carbonyl (C=O) groups is 1. The molecule has 0 radical (unpaired) electrons. The second-order valence-corrected chi connectivity index (χ2v) is 7.66. The maximum atomic E-state index is 13.8. The highest BCUT2D eigenvalue weighted by atomic mass is 19.1. The molecule has 0 spiro atoms. The Kier molecular flexibility index (Phi) is 5.08. The van der Waals surface area contributed by atoms with Gasteiger partial charge in [-0.15, -0.1) is 0 Å². The number of anilines is 2. The molecule has 0 bridgehead atoms. The van der Waals surface area contributed by atoms with Gasteiger partial charge in [-0.05, 0) is 49.7 Å². The molecule has 2 N–H and O–H groups in total. The first-order valence-corrected chi connectivity index (χ1v) is 9.66.